The number of rotatable bonds is 1. The van der Waals surface area contributed by atoms with Crippen LogP contribution in [-0.4, -0.2) is 15.0 Å². The molecular formula is C6H4ClN3O. The summed E-state index contributed by atoms with van der Waals surface area (Å²) in [6.45, 7) is 0. The summed E-state index contributed by atoms with van der Waals surface area (Å²) in [6.07, 6.45) is 1.41. The van der Waals surface area contributed by atoms with Gasteiger partial charge in [0.05, 0.1) is 5.56 Å². The van der Waals surface area contributed by atoms with Gasteiger partial charge in [0, 0.05) is 13.2 Å². The molecule has 1 aromatic heterocycles. The van der Waals surface area contributed by atoms with Crippen LogP contribution in [0.25, 0.3) is 0 Å². The molecule has 4 nitrogen and oxygen atoms in total. The molecule has 0 N–H and O–H groups in total. The van der Waals surface area contributed by atoms with Crippen molar-refractivity contribution < 1.29 is 4.79 Å². The van der Waals surface area contributed by atoms with Gasteiger partial charge in [0.2, 0.25) is 0 Å². The molecule has 0 saturated heterocycles. The number of hydrogen-bond donors (Lipinski definition) is 0. The Hall–Kier alpha value is -1.34. The second-order valence-corrected chi connectivity index (χ2v) is 2.29. The standard InChI is InChI=1S/C6H4ClN3O/c1-10-3-4(6(7)11)5(2-8)9-10/h3H,1H3. The van der Waals surface area contributed by atoms with Crippen LogP contribution < -0.4 is 0 Å². The topological polar surface area (TPSA) is 58.7 Å². The van der Waals surface area contributed by atoms with E-state index in [1.165, 1.54) is 10.9 Å². The maximum Gasteiger partial charge on any atom is 0.256 e. The lowest BCUT2D eigenvalue weighted by Gasteiger charge is -1.81. The number of nitrogens with zero attached hydrogens (tertiary/aromatic N) is 3. The molecule has 1 heterocycles. The van der Waals surface area contributed by atoms with Gasteiger partial charge in [0.1, 0.15) is 6.07 Å². The largest absolute Gasteiger partial charge is 0.275 e. The monoisotopic (exact) mass is 169 g/mol. The van der Waals surface area contributed by atoms with Crippen molar-refractivity contribution in [2.45, 2.75) is 0 Å². The van der Waals surface area contributed by atoms with E-state index in [4.69, 9.17) is 16.9 Å². The van der Waals surface area contributed by atoms with Crippen LogP contribution >= 0.6 is 11.6 Å². The molecule has 5 heteroatoms. The first kappa shape index (κ1) is 7.76. The van der Waals surface area contributed by atoms with E-state index >= 15 is 0 Å². The van der Waals surface area contributed by atoms with Gasteiger partial charge in [-0.3, -0.25) is 9.48 Å². The van der Waals surface area contributed by atoms with E-state index in [0.717, 1.165) is 0 Å². The van der Waals surface area contributed by atoms with Crippen molar-refractivity contribution in [2.24, 2.45) is 7.05 Å². The zero-order chi connectivity index (χ0) is 8.43. The van der Waals surface area contributed by atoms with Gasteiger partial charge < -0.3 is 0 Å². The molecule has 0 aliphatic rings. The van der Waals surface area contributed by atoms with Crippen molar-refractivity contribution in [3.63, 3.8) is 0 Å². The fourth-order valence-electron chi connectivity index (χ4n) is 0.715. The summed E-state index contributed by atoms with van der Waals surface area (Å²) in [5, 5.41) is 11.5. The Morgan fingerprint density at radius 3 is 2.91 bits per heavy atom. The van der Waals surface area contributed by atoms with E-state index < -0.39 is 5.24 Å². The van der Waals surface area contributed by atoms with Crippen molar-refractivity contribution in [2.75, 3.05) is 0 Å². The van der Waals surface area contributed by atoms with Gasteiger partial charge in [-0.05, 0) is 11.6 Å². The molecular weight excluding hydrogens is 166 g/mol. The summed E-state index contributed by atoms with van der Waals surface area (Å²) in [7, 11) is 1.62. The minimum atomic E-state index is -0.658. The van der Waals surface area contributed by atoms with Gasteiger partial charge in [0.15, 0.2) is 5.69 Å². The molecule has 0 radical (unpaired) electrons. The highest BCUT2D eigenvalue weighted by atomic mass is 35.5. The van der Waals surface area contributed by atoms with Gasteiger partial charge >= 0.3 is 0 Å². The van der Waals surface area contributed by atoms with E-state index in [1.807, 2.05) is 0 Å². The number of halogens is 1. The molecule has 11 heavy (non-hydrogen) atoms. The minimum absolute atomic E-state index is 0.0625. The Morgan fingerprint density at radius 1 is 1.91 bits per heavy atom. The number of hydrogen-bond acceptors (Lipinski definition) is 3. The first-order chi connectivity index (χ1) is 5.15. The Balaban J connectivity index is 3.26. The first-order valence-corrected chi connectivity index (χ1v) is 3.16. The molecule has 0 atom stereocenters. The highest BCUT2D eigenvalue weighted by molar-refractivity contribution is 6.67. The van der Waals surface area contributed by atoms with Crippen molar-refractivity contribution in [1.29, 1.82) is 5.26 Å². The normalized spacial score (nSPS) is 9.18. The van der Waals surface area contributed by atoms with Crippen molar-refractivity contribution in [3.8, 4) is 6.07 Å². The molecule has 1 aromatic rings. The minimum Gasteiger partial charge on any atom is -0.275 e. The van der Waals surface area contributed by atoms with Crippen LogP contribution in [0.5, 0.6) is 0 Å². The SMILES string of the molecule is Cn1cc(C(=O)Cl)c(C#N)n1. The third kappa shape index (κ3) is 1.38. The maximum absolute atomic E-state index is 10.6. The maximum atomic E-state index is 10.6. The van der Waals surface area contributed by atoms with Crippen molar-refractivity contribution in [3.05, 3.63) is 17.5 Å². The number of nitriles is 1. The summed E-state index contributed by atoms with van der Waals surface area (Å²) >= 11 is 5.16. The van der Waals surface area contributed by atoms with E-state index in [2.05, 4.69) is 5.10 Å². The number of carbonyl (C=O) groups is 1. The van der Waals surface area contributed by atoms with E-state index in [0.29, 0.717) is 0 Å². The molecule has 0 fully saturated rings. The first-order valence-electron chi connectivity index (χ1n) is 2.78. The molecule has 0 bridgehead atoms. The van der Waals surface area contributed by atoms with Crippen LogP contribution in [0.1, 0.15) is 16.1 Å². The Labute approximate surface area is 68.0 Å². The highest BCUT2D eigenvalue weighted by Crippen LogP contribution is 2.07. The summed E-state index contributed by atoms with van der Waals surface area (Å²) in [5.74, 6) is 0. The van der Waals surface area contributed by atoms with Crippen LogP contribution in [0.4, 0.5) is 0 Å². The lowest BCUT2D eigenvalue weighted by atomic mass is 10.3. The molecule has 0 aliphatic carbocycles. The van der Waals surface area contributed by atoms with E-state index in [1.54, 1.807) is 13.1 Å². The molecule has 0 spiro atoms. The van der Waals surface area contributed by atoms with Crippen molar-refractivity contribution >= 4 is 16.8 Å². The number of aromatic nitrogens is 2. The smallest absolute Gasteiger partial charge is 0.256 e. The highest BCUT2D eigenvalue weighted by Gasteiger charge is 2.11. The average Bonchev–Trinajstić information content (AvgIpc) is 2.30. The van der Waals surface area contributed by atoms with Crippen molar-refractivity contribution in [1.82, 2.24) is 9.78 Å². The van der Waals surface area contributed by atoms with Crippen LogP contribution in [-0.2, 0) is 7.05 Å². The Morgan fingerprint density at radius 2 is 2.55 bits per heavy atom. The van der Waals surface area contributed by atoms with Crippen LogP contribution in [0.2, 0.25) is 0 Å². The second-order valence-electron chi connectivity index (χ2n) is 1.95. The van der Waals surface area contributed by atoms with Crippen LogP contribution in [0.15, 0.2) is 6.20 Å². The molecule has 0 aliphatic heterocycles. The third-order valence-electron chi connectivity index (χ3n) is 1.15. The molecule has 0 unspecified atom stereocenters. The summed E-state index contributed by atoms with van der Waals surface area (Å²) in [5.41, 5.74) is 0.212. The third-order valence-corrected chi connectivity index (χ3v) is 1.35. The van der Waals surface area contributed by atoms with Crippen LogP contribution in [0, 0.1) is 11.3 Å². The fourth-order valence-corrected chi connectivity index (χ4v) is 0.853. The fraction of sp³-hybridized carbons (Fsp3) is 0.167. The molecule has 0 aromatic carbocycles. The number of carbonyl (C=O) groups excluding carboxylic acids is 1. The van der Waals surface area contributed by atoms with Gasteiger partial charge in [-0.2, -0.15) is 10.4 Å². The van der Waals surface area contributed by atoms with Gasteiger partial charge in [-0.15, -0.1) is 0 Å². The Bertz CT molecular complexity index is 336. The predicted octanol–water partition coefficient (Wildman–Crippen LogP) is 0.671. The lowest BCUT2D eigenvalue weighted by molar-refractivity contribution is 0.108. The molecule has 0 saturated carbocycles. The average molecular weight is 170 g/mol. The predicted molar refractivity (Wildman–Crippen MR) is 38.1 cm³/mol. The molecule has 0 amide bonds. The molecule has 1 rings (SSSR count). The lowest BCUT2D eigenvalue weighted by Crippen LogP contribution is -1.89. The quantitative estimate of drug-likeness (QED) is 0.581. The summed E-state index contributed by atoms with van der Waals surface area (Å²) in [4.78, 5) is 10.6. The van der Waals surface area contributed by atoms with E-state index in [-0.39, 0.29) is 11.3 Å². The number of aryl methyl sites for hydroxylation is 1. The van der Waals surface area contributed by atoms with E-state index in [9.17, 15) is 4.79 Å². The van der Waals surface area contributed by atoms with Crippen LogP contribution in [0.3, 0.4) is 0 Å². The second kappa shape index (κ2) is 2.72. The molecule has 56 valence electrons. The Kier molecular flexibility index (Phi) is 1.92. The van der Waals surface area contributed by atoms with Gasteiger partial charge in [-0.25, -0.2) is 0 Å². The summed E-state index contributed by atoms with van der Waals surface area (Å²) in [6, 6.07) is 1.76. The zero-order valence-electron chi connectivity index (χ0n) is 5.71. The zero-order valence-corrected chi connectivity index (χ0v) is 6.46. The summed E-state index contributed by atoms with van der Waals surface area (Å²) < 4.78 is 1.37. The van der Waals surface area contributed by atoms with Gasteiger partial charge in [0.25, 0.3) is 5.24 Å². The van der Waals surface area contributed by atoms with Gasteiger partial charge in [-0.1, -0.05) is 0 Å².